The summed E-state index contributed by atoms with van der Waals surface area (Å²) in [4.78, 5) is 27.3. The molecular formula is C30H32N3O5. The predicted octanol–water partition coefficient (Wildman–Crippen LogP) is 3.78. The molecular weight excluding hydrogens is 482 g/mol. The largest absolute Gasteiger partial charge is 0.496 e. The van der Waals surface area contributed by atoms with E-state index in [4.69, 9.17) is 9.47 Å². The van der Waals surface area contributed by atoms with Gasteiger partial charge in [-0.05, 0) is 41.8 Å². The van der Waals surface area contributed by atoms with Crippen molar-refractivity contribution in [1.82, 2.24) is 15.5 Å². The monoisotopic (exact) mass is 514 g/mol. The van der Waals surface area contributed by atoms with Gasteiger partial charge in [0.2, 0.25) is 5.91 Å². The standard InChI is InChI=1S/C30H32N3O5/c1-21(35)33(17-23-9-3-6-13-29(23)37-2)18-25(15-24-16-31-28-12-5-4-11-27(24)28)32-30(36)20-38-26-10-7-8-22(14-26)19-34/h3-14,16,25,34H,15,17-20H2,1-2H3,(H,32,36). The van der Waals surface area contributed by atoms with Crippen molar-refractivity contribution in [2.75, 3.05) is 20.3 Å². The molecule has 1 heterocycles. The first-order valence-corrected chi connectivity index (χ1v) is 12.5. The third-order valence-electron chi connectivity index (χ3n) is 6.33. The van der Waals surface area contributed by atoms with E-state index in [1.165, 1.54) is 6.92 Å². The highest BCUT2D eigenvalue weighted by Crippen LogP contribution is 2.33. The van der Waals surface area contributed by atoms with Crippen LogP contribution in [0.25, 0.3) is 5.57 Å². The summed E-state index contributed by atoms with van der Waals surface area (Å²) in [5.41, 5.74) is 4.47. The van der Waals surface area contributed by atoms with E-state index in [9.17, 15) is 14.7 Å². The molecule has 0 spiro atoms. The van der Waals surface area contributed by atoms with Gasteiger partial charge in [-0.2, -0.15) is 0 Å². The Morgan fingerprint density at radius 3 is 2.63 bits per heavy atom. The molecule has 0 saturated carbocycles. The first-order valence-electron chi connectivity index (χ1n) is 12.5. The number of hydrogen-bond acceptors (Lipinski definition) is 5. The fraction of sp³-hybridized carbons (Fsp3) is 0.267. The molecule has 1 aliphatic rings. The second-order valence-electron chi connectivity index (χ2n) is 9.07. The minimum Gasteiger partial charge on any atom is -0.496 e. The van der Waals surface area contributed by atoms with E-state index >= 15 is 0 Å². The zero-order valence-electron chi connectivity index (χ0n) is 21.6. The Kier molecular flexibility index (Phi) is 9.00. The Morgan fingerprint density at radius 2 is 1.84 bits per heavy atom. The lowest BCUT2D eigenvalue weighted by molar-refractivity contribution is -0.131. The number of aliphatic hydroxyl groups excluding tert-OH is 1. The van der Waals surface area contributed by atoms with Crippen LogP contribution in [0.15, 0.2) is 79.0 Å². The molecule has 4 rings (SSSR count). The fourth-order valence-electron chi connectivity index (χ4n) is 4.43. The van der Waals surface area contributed by atoms with Crippen LogP contribution in [-0.2, 0) is 22.7 Å². The maximum atomic E-state index is 13.0. The summed E-state index contributed by atoms with van der Waals surface area (Å²) in [6, 6.07) is 22.0. The summed E-state index contributed by atoms with van der Waals surface area (Å²) in [6.45, 7) is 1.85. The molecule has 3 aromatic carbocycles. The Labute approximate surface area is 222 Å². The zero-order valence-corrected chi connectivity index (χ0v) is 21.6. The fourth-order valence-corrected chi connectivity index (χ4v) is 4.43. The number of carbonyl (C=O) groups is 2. The molecule has 0 aromatic heterocycles. The quantitative estimate of drug-likeness (QED) is 0.383. The molecule has 2 N–H and O–H groups in total. The molecule has 0 saturated heterocycles. The Morgan fingerprint density at radius 1 is 1.05 bits per heavy atom. The molecule has 1 unspecified atom stereocenters. The molecule has 1 atom stereocenters. The molecule has 0 aliphatic carbocycles. The second kappa shape index (κ2) is 12.8. The number of fused-ring (bicyclic) bond motifs is 1. The number of nitrogens with zero attached hydrogens (tertiary/aromatic N) is 2. The molecule has 1 radical (unpaired) electrons. The summed E-state index contributed by atoms with van der Waals surface area (Å²) in [7, 11) is 1.60. The molecule has 197 valence electrons. The van der Waals surface area contributed by atoms with Gasteiger partial charge in [-0.15, -0.1) is 0 Å². The number of para-hydroxylation sites is 2. The maximum absolute atomic E-state index is 13.0. The van der Waals surface area contributed by atoms with Crippen LogP contribution in [0, 0.1) is 0 Å². The third-order valence-corrected chi connectivity index (χ3v) is 6.33. The van der Waals surface area contributed by atoms with Gasteiger partial charge in [-0.25, -0.2) is 0 Å². The smallest absolute Gasteiger partial charge is 0.258 e. The number of methoxy groups -OCH3 is 1. The van der Waals surface area contributed by atoms with E-state index < -0.39 is 0 Å². The van der Waals surface area contributed by atoms with Gasteiger partial charge >= 0.3 is 0 Å². The van der Waals surface area contributed by atoms with Gasteiger partial charge in [-0.3, -0.25) is 14.9 Å². The average molecular weight is 515 g/mol. The van der Waals surface area contributed by atoms with E-state index in [0.717, 1.165) is 22.4 Å². The van der Waals surface area contributed by atoms with Crippen molar-refractivity contribution in [3.63, 3.8) is 0 Å². The average Bonchev–Trinajstić information content (AvgIpc) is 3.34. The van der Waals surface area contributed by atoms with E-state index in [2.05, 4.69) is 10.6 Å². The number of ether oxygens (including phenoxy) is 2. The number of amides is 2. The highest BCUT2D eigenvalue weighted by Gasteiger charge is 2.24. The molecule has 0 fully saturated rings. The number of carbonyl (C=O) groups excluding carboxylic acids is 2. The molecule has 8 nitrogen and oxygen atoms in total. The number of aliphatic hydroxyl groups is 1. The number of rotatable bonds is 12. The van der Waals surface area contributed by atoms with Crippen molar-refractivity contribution < 1.29 is 24.2 Å². The van der Waals surface area contributed by atoms with Gasteiger partial charge in [0.1, 0.15) is 11.5 Å². The minimum absolute atomic E-state index is 0.111. The van der Waals surface area contributed by atoms with Crippen molar-refractivity contribution in [3.05, 3.63) is 95.7 Å². The van der Waals surface area contributed by atoms with Gasteiger partial charge in [0.05, 0.1) is 25.4 Å². The number of benzene rings is 3. The van der Waals surface area contributed by atoms with Crippen LogP contribution >= 0.6 is 0 Å². The SMILES string of the molecule is COc1ccccc1CN(CC(CC1=C[N]c2ccccc21)NC(=O)COc1cccc(CO)c1)C(C)=O. The summed E-state index contributed by atoms with van der Waals surface area (Å²) >= 11 is 0. The predicted molar refractivity (Wildman–Crippen MR) is 145 cm³/mol. The zero-order chi connectivity index (χ0) is 26.9. The van der Waals surface area contributed by atoms with Gasteiger partial charge < -0.3 is 24.8 Å². The van der Waals surface area contributed by atoms with E-state index in [1.54, 1.807) is 36.3 Å². The summed E-state index contributed by atoms with van der Waals surface area (Å²) in [5, 5.41) is 16.9. The normalized spacial score (nSPS) is 12.6. The lowest BCUT2D eigenvalue weighted by atomic mass is 9.99. The van der Waals surface area contributed by atoms with Crippen LogP contribution in [0.4, 0.5) is 5.69 Å². The van der Waals surface area contributed by atoms with E-state index in [-0.39, 0.29) is 31.1 Å². The molecule has 2 amide bonds. The topological polar surface area (TPSA) is 102 Å². The van der Waals surface area contributed by atoms with Gasteiger partial charge in [0, 0.05) is 37.3 Å². The summed E-state index contributed by atoms with van der Waals surface area (Å²) in [5.74, 6) is 0.770. The number of hydrogen-bond donors (Lipinski definition) is 2. The Hall–Kier alpha value is -4.30. The Balaban J connectivity index is 1.49. The van der Waals surface area contributed by atoms with Crippen LogP contribution in [0.2, 0.25) is 0 Å². The second-order valence-corrected chi connectivity index (χ2v) is 9.07. The van der Waals surface area contributed by atoms with Crippen molar-refractivity contribution in [3.8, 4) is 11.5 Å². The lowest BCUT2D eigenvalue weighted by Gasteiger charge is -2.28. The first kappa shape index (κ1) is 26.8. The van der Waals surface area contributed by atoms with Crippen molar-refractivity contribution in [2.24, 2.45) is 0 Å². The van der Waals surface area contributed by atoms with Crippen molar-refractivity contribution in [1.29, 1.82) is 0 Å². The molecule has 1 aliphatic heterocycles. The number of nitrogens with one attached hydrogen (secondary N) is 1. The minimum atomic E-state index is -0.388. The highest BCUT2D eigenvalue weighted by molar-refractivity contribution is 5.81. The van der Waals surface area contributed by atoms with Gasteiger partial charge in [0.25, 0.3) is 5.91 Å². The van der Waals surface area contributed by atoms with Crippen molar-refractivity contribution >= 4 is 23.1 Å². The van der Waals surface area contributed by atoms with Crippen LogP contribution < -0.4 is 20.1 Å². The van der Waals surface area contributed by atoms with Gasteiger partial charge in [0.15, 0.2) is 6.61 Å². The van der Waals surface area contributed by atoms with Crippen LogP contribution in [0.5, 0.6) is 11.5 Å². The first-order chi connectivity index (χ1) is 18.5. The molecule has 38 heavy (non-hydrogen) atoms. The molecule has 3 aromatic rings. The molecule has 8 heteroatoms. The molecule has 0 bridgehead atoms. The third kappa shape index (κ3) is 6.92. The lowest BCUT2D eigenvalue weighted by Crippen LogP contribution is -2.46. The Bertz CT molecular complexity index is 1310. The maximum Gasteiger partial charge on any atom is 0.258 e. The summed E-state index contributed by atoms with van der Waals surface area (Å²) < 4.78 is 11.1. The van der Waals surface area contributed by atoms with Crippen molar-refractivity contribution in [2.45, 2.75) is 32.5 Å². The van der Waals surface area contributed by atoms with Crippen LogP contribution in [-0.4, -0.2) is 48.1 Å². The van der Waals surface area contributed by atoms with E-state index in [0.29, 0.717) is 36.6 Å². The van der Waals surface area contributed by atoms with Crippen LogP contribution in [0.3, 0.4) is 0 Å². The summed E-state index contributed by atoms with van der Waals surface area (Å²) in [6.07, 6.45) is 2.31. The van der Waals surface area contributed by atoms with Crippen LogP contribution in [0.1, 0.15) is 30.0 Å². The van der Waals surface area contributed by atoms with E-state index in [1.807, 2.05) is 54.7 Å². The highest BCUT2D eigenvalue weighted by atomic mass is 16.5. The van der Waals surface area contributed by atoms with Gasteiger partial charge in [-0.1, -0.05) is 48.5 Å².